The Labute approximate surface area is 208 Å². The molecule has 0 aliphatic heterocycles. The molecule has 1 unspecified atom stereocenters. The van der Waals surface area contributed by atoms with Crippen LogP contribution in [-0.2, 0) is 6.42 Å². The zero-order chi connectivity index (χ0) is 22.9. The molecule has 0 aliphatic rings. The third-order valence-electron chi connectivity index (χ3n) is 6.24. The topological polar surface area (TPSA) is 30.7 Å². The summed E-state index contributed by atoms with van der Waals surface area (Å²) in [6, 6.07) is 10.4. The average molecular weight is 476 g/mol. The fourth-order valence-corrected chi connectivity index (χ4v) is 4.63. The Morgan fingerprint density at radius 1 is 0.719 bits per heavy atom. The van der Waals surface area contributed by atoms with Gasteiger partial charge in [0, 0.05) is 17.9 Å². The molecule has 32 heavy (non-hydrogen) atoms. The minimum Gasteiger partial charge on any atom is -0.282 e. The molecule has 0 N–H and O–H groups in total. The summed E-state index contributed by atoms with van der Waals surface area (Å²) >= 11 is 9.06. The van der Waals surface area contributed by atoms with Crippen LogP contribution in [-0.4, -0.2) is 20.5 Å². The van der Waals surface area contributed by atoms with E-state index in [1.807, 2.05) is 6.07 Å². The van der Waals surface area contributed by atoms with Crippen LogP contribution in [0.5, 0.6) is 0 Å². The second kappa shape index (κ2) is 17.5. The molecule has 0 spiro atoms. The summed E-state index contributed by atoms with van der Waals surface area (Å²) in [5.41, 5.74) is 1.12. The van der Waals surface area contributed by atoms with Crippen LogP contribution in [0.4, 0.5) is 0 Å². The first kappa shape index (κ1) is 27.3. The molecule has 0 amide bonds. The number of thiol groups is 2. The number of rotatable bonds is 19. The smallest absolute Gasteiger partial charge is 0.151 e. The van der Waals surface area contributed by atoms with Crippen molar-refractivity contribution in [3.8, 4) is 5.69 Å². The van der Waals surface area contributed by atoms with Crippen molar-refractivity contribution in [2.75, 3.05) is 5.75 Å². The molecule has 1 aromatic carbocycles. The van der Waals surface area contributed by atoms with Crippen LogP contribution in [0.25, 0.3) is 5.69 Å². The van der Waals surface area contributed by atoms with Gasteiger partial charge in [0.25, 0.3) is 0 Å². The lowest BCUT2D eigenvalue weighted by Gasteiger charge is -2.13. The first-order valence-corrected chi connectivity index (χ1v) is 14.2. The maximum Gasteiger partial charge on any atom is 0.151 e. The SMILES string of the molecule is CCCCCCCCCCCCCCCCCc1nnc(C(S)CS)n1-c1ccccc1. The van der Waals surface area contributed by atoms with Gasteiger partial charge in [-0.05, 0) is 18.6 Å². The van der Waals surface area contributed by atoms with Gasteiger partial charge in [-0.2, -0.15) is 25.3 Å². The Morgan fingerprint density at radius 2 is 1.22 bits per heavy atom. The highest BCUT2D eigenvalue weighted by atomic mass is 32.1. The average Bonchev–Trinajstić information content (AvgIpc) is 3.25. The van der Waals surface area contributed by atoms with Crippen molar-refractivity contribution in [3.05, 3.63) is 42.0 Å². The Kier molecular flexibility index (Phi) is 15.0. The maximum absolute atomic E-state index is 4.65. The molecule has 0 aliphatic carbocycles. The molecule has 1 aromatic heterocycles. The lowest BCUT2D eigenvalue weighted by molar-refractivity contribution is 0.531. The van der Waals surface area contributed by atoms with Gasteiger partial charge in [-0.25, -0.2) is 0 Å². The van der Waals surface area contributed by atoms with E-state index in [0.29, 0.717) is 5.75 Å². The summed E-state index contributed by atoms with van der Waals surface area (Å²) < 4.78 is 2.18. The Morgan fingerprint density at radius 3 is 1.72 bits per heavy atom. The van der Waals surface area contributed by atoms with E-state index in [0.717, 1.165) is 23.8 Å². The Balaban J connectivity index is 1.57. The van der Waals surface area contributed by atoms with Crippen molar-refractivity contribution in [1.29, 1.82) is 0 Å². The molecular weight excluding hydrogens is 430 g/mol. The van der Waals surface area contributed by atoms with E-state index in [2.05, 4.69) is 71.2 Å². The summed E-state index contributed by atoms with van der Waals surface area (Å²) in [4.78, 5) is 0. The number of nitrogens with zero attached hydrogens (tertiary/aromatic N) is 3. The van der Waals surface area contributed by atoms with Gasteiger partial charge in [0.15, 0.2) is 5.82 Å². The van der Waals surface area contributed by atoms with E-state index in [1.54, 1.807) is 0 Å². The first-order valence-electron chi connectivity index (χ1n) is 13.1. The highest BCUT2D eigenvalue weighted by molar-refractivity contribution is 7.84. The summed E-state index contributed by atoms with van der Waals surface area (Å²) in [6.45, 7) is 2.29. The summed E-state index contributed by atoms with van der Waals surface area (Å²) in [5, 5.41) is 8.92. The fourth-order valence-electron chi connectivity index (χ4n) is 4.30. The lowest BCUT2D eigenvalue weighted by Crippen LogP contribution is -2.08. The van der Waals surface area contributed by atoms with Crippen molar-refractivity contribution in [1.82, 2.24) is 14.8 Å². The predicted molar refractivity (Wildman–Crippen MR) is 146 cm³/mol. The van der Waals surface area contributed by atoms with Crippen molar-refractivity contribution in [2.45, 2.75) is 115 Å². The largest absolute Gasteiger partial charge is 0.282 e. The highest BCUT2D eigenvalue weighted by Gasteiger charge is 2.18. The molecule has 5 heteroatoms. The predicted octanol–water partition coefficient (Wildman–Crippen LogP) is 8.58. The van der Waals surface area contributed by atoms with Gasteiger partial charge in [-0.3, -0.25) is 4.57 Å². The molecule has 0 saturated carbocycles. The van der Waals surface area contributed by atoms with Gasteiger partial charge in [0.05, 0.1) is 5.25 Å². The van der Waals surface area contributed by atoms with Crippen LogP contribution in [0, 0.1) is 0 Å². The van der Waals surface area contributed by atoms with Crippen LogP contribution in [0.15, 0.2) is 30.3 Å². The third-order valence-corrected chi connectivity index (χ3v) is 7.31. The molecule has 1 heterocycles. The third kappa shape index (κ3) is 10.3. The zero-order valence-electron chi connectivity index (χ0n) is 20.2. The fraction of sp³-hybridized carbons (Fsp3) is 0.704. The number of unbranched alkanes of at least 4 members (excludes halogenated alkanes) is 14. The van der Waals surface area contributed by atoms with Gasteiger partial charge < -0.3 is 0 Å². The van der Waals surface area contributed by atoms with Crippen molar-refractivity contribution < 1.29 is 0 Å². The van der Waals surface area contributed by atoms with Crippen LogP contribution >= 0.6 is 25.3 Å². The van der Waals surface area contributed by atoms with E-state index in [-0.39, 0.29) is 5.25 Å². The number of hydrogen-bond acceptors (Lipinski definition) is 4. The standard InChI is InChI=1S/C27H45N3S2/c1-2-3-4-5-6-7-8-9-10-11-12-13-14-15-19-22-26-28-29-27(25(32)23-31)30(26)24-20-17-16-18-21-24/h16-18,20-21,25,31-32H,2-15,19,22-23H2,1H3. The molecule has 180 valence electrons. The number of aryl methyl sites for hydroxylation is 1. The molecule has 0 fully saturated rings. The molecular formula is C27H45N3S2. The van der Waals surface area contributed by atoms with Crippen LogP contribution in [0.2, 0.25) is 0 Å². The number of hydrogen-bond donors (Lipinski definition) is 2. The number of para-hydroxylation sites is 1. The van der Waals surface area contributed by atoms with Gasteiger partial charge in [-0.15, -0.1) is 10.2 Å². The zero-order valence-corrected chi connectivity index (χ0v) is 22.0. The molecule has 2 aromatic rings. The summed E-state index contributed by atoms with van der Waals surface area (Å²) in [5.74, 6) is 2.58. The molecule has 0 saturated heterocycles. The first-order chi connectivity index (χ1) is 15.8. The van der Waals surface area contributed by atoms with E-state index >= 15 is 0 Å². The van der Waals surface area contributed by atoms with E-state index < -0.39 is 0 Å². The van der Waals surface area contributed by atoms with E-state index in [1.165, 1.54) is 96.3 Å². The number of aromatic nitrogens is 3. The summed E-state index contributed by atoms with van der Waals surface area (Å²) in [7, 11) is 0. The molecule has 0 radical (unpaired) electrons. The van der Waals surface area contributed by atoms with Gasteiger partial charge in [0.2, 0.25) is 0 Å². The van der Waals surface area contributed by atoms with Crippen molar-refractivity contribution in [2.24, 2.45) is 0 Å². The lowest BCUT2D eigenvalue weighted by atomic mass is 10.0. The minimum atomic E-state index is -0.0131. The molecule has 1 atom stereocenters. The van der Waals surface area contributed by atoms with Crippen molar-refractivity contribution in [3.63, 3.8) is 0 Å². The van der Waals surface area contributed by atoms with Crippen LogP contribution < -0.4 is 0 Å². The monoisotopic (exact) mass is 475 g/mol. The van der Waals surface area contributed by atoms with E-state index in [9.17, 15) is 0 Å². The van der Waals surface area contributed by atoms with Gasteiger partial charge in [0.1, 0.15) is 5.82 Å². The summed E-state index contributed by atoms with van der Waals surface area (Å²) in [6.07, 6.45) is 21.7. The maximum atomic E-state index is 4.65. The Hall–Kier alpha value is -0.940. The Bertz CT molecular complexity index is 702. The quantitative estimate of drug-likeness (QED) is 0.157. The second-order valence-corrected chi connectivity index (χ2v) is 10.0. The van der Waals surface area contributed by atoms with Crippen molar-refractivity contribution >= 4 is 25.3 Å². The molecule has 2 rings (SSSR count). The van der Waals surface area contributed by atoms with Gasteiger partial charge >= 0.3 is 0 Å². The normalized spacial score (nSPS) is 12.3. The minimum absolute atomic E-state index is 0.0131. The molecule has 0 bridgehead atoms. The molecule has 3 nitrogen and oxygen atoms in total. The van der Waals surface area contributed by atoms with Crippen LogP contribution in [0.3, 0.4) is 0 Å². The van der Waals surface area contributed by atoms with E-state index in [4.69, 9.17) is 0 Å². The van der Waals surface area contributed by atoms with Crippen LogP contribution in [0.1, 0.15) is 120 Å². The number of benzene rings is 1. The van der Waals surface area contributed by atoms with Gasteiger partial charge in [-0.1, -0.05) is 115 Å². The highest BCUT2D eigenvalue weighted by Crippen LogP contribution is 2.24. The second-order valence-electron chi connectivity index (χ2n) is 9.04.